The number of rotatable bonds is 1. The van der Waals surface area contributed by atoms with Gasteiger partial charge in [0.15, 0.2) is 0 Å². The molecule has 0 saturated heterocycles. The Morgan fingerprint density at radius 2 is 1.46 bits per heavy atom. The molecule has 0 unspecified atom stereocenters. The zero-order valence-corrected chi connectivity index (χ0v) is 14.1. The smallest absolute Gasteiger partial charge is 0.0549 e. The van der Waals surface area contributed by atoms with Gasteiger partial charge in [0.25, 0.3) is 0 Å². The molecule has 0 spiro atoms. The average Bonchev–Trinajstić information content (AvgIpc) is 3.27. The van der Waals surface area contributed by atoms with Crippen molar-refractivity contribution in [2.75, 3.05) is 0 Å². The Morgan fingerprint density at radius 3 is 2.38 bits per heavy atom. The second-order valence-corrected chi connectivity index (χ2v) is 6.81. The molecule has 2 heteroatoms. The molecule has 0 bridgehead atoms. The van der Waals surface area contributed by atoms with Gasteiger partial charge in [0.1, 0.15) is 0 Å². The van der Waals surface area contributed by atoms with Crippen molar-refractivity contribution in [2.24, 2.45) is 0 Å². The fourth-order valence-electron chi connectivity index (χ4n) is 4.12. The first-order valence-electron chi connectivity index (χ1n) is 8.88. The van der Waals surface area contributed by atoms with Crippen LogP contribution in [0.3, 0.4) is 0 Å². The molecule has 2 nitrogen and oxygen atoms in total. The van der Waals surface area contributed by atoms with Gasteiger partial charge >= 0.3 is 0 Å². The molecule has 0 aliphatic rings. The molecule has 6 rings (SSSR count). The highest BCUT2D eigenvalue weighted by Crippen LogP contribution is 2.35. The van der Waals surface area contributed by atoms with E-state index in [1.807, 2.05) is 0 Å². The number of H-pyrrole nitrogens is 1. The maximum absolute atomic E-state index is 3.62. The summed E-state index contributed by atoms with van der Waals surface area (Å²) in [7, 11) is 0. The highest BCUT2D eigenvalue weighted by Gasteiger charge is 2.11. The van der Waals surface area contributed by atoms with Crippen LogP contribution < -0.4 is 0 Å². The highest BCUT2D eigenvalue weighted by molar-refractivity contribution is 6.22. The number of benzene rings is 4. The lowest BCUT2D eigenvalue weighted by Crippen LogP contribution is -1.90. The Kier molecular flexibility index (Phi) is 2.64. The van der Waals surface area contributed by atoms with Crippen molar-refractivity contribution >= 4 is 43.5 Å². The number of nitrogens with zero attached hydrogens (tertiary/aromatic N) is 1. The van der Waals surface area contributed by atoms with Gasteiger partial charge in [0, 0.05) is 39.1 Å². The van der Waals surface area contributed by atoms with Gasteiger partial charge in [-0.05, 0) is 47.2 Å². The van der Waals surface area contributed by atoms with E-state index in [-0.39, 0.29) is 0 Å². The predicted molar refractivity (Wildman–Crippen MR) is 110 cm³/mol. The van der Waals surface area contributed by atoms with Crippen molar-refractivity contribution in [3.63, 3.8) is 0 Å². The Labute approximate surface area is 150 Å². The van der Waals surface area contributed by atoms with Crippen molar-refractivity contribution in [1.82, 2.24) is 9.55 Å². The summed E-state index contributed by atoms with van der Waals surface area (Å²) in [5, 5.41) is 6.44. The minimum atomic E-state index is 1.18. The maximum Gasteiger partial charge on any atom is 0.0549 e. The summed E-state index contributed by atoms with van der Waals surface area (Å²) in [6, 6.07) is 30.3. The zero-order valence-electron chi connectivity index (χ0n) is 14.1. The largest absolute Gasteiger partial charge is 0.354 e. The molecule has 0 aliphatic heterocycles. The SMILES string of the molecule is c1ccc(-n2ccc3cc4c(cc32)[nH]c2ccc3ccccc3c24)cc1. The lowest BCUT2D eigenvalue weighted by molar-refractivity contribution is 1.13. The molecular weight excluding hydrogens is 316 g/mol. The van der Waals surface area contributed by atoms with Crippen molar-refractivity contribution in [3.8, 4) is 5.69 Å². The summed E-state index contributed by atoms with van der Waals surface area (Å²) in [5.41, 5.74) is 4.78. The number of nitrogens with one attached hydrogen (secondary N) is 1. The van der Waals surface area contributed by atoms with Gasteiger partial charge in [-0.25, -0.2) is 0 Å². The Balaban J connectivity index is 1.73. The topological polar surface area (TPSA) is 20.7 Å². The van der Waals surface area contributed by atoms with Crippen LogP contribution in [0.2, 0.25) is 0 Å². The Hall–Kier alpha value is -3.52. The summed E-state index contributed by atoms with van der Waals surface area (Å²) in [6.45, 7) is 0. The van der Waals surface area contributed by atoms with Crippen LogP contribution in [-0.2, 0) is 0 Å². The first-order chi connectivity index (χ1) is 12.9. The number of hydrogen-bond acceptors (Lipinski definition) is 0. The zero-order chi connectivity index (χ0) is 17.1. The van der Waals surface area contributed by atoms with Crippen LogP contribution in [0.5, 0.6) is 0 Å². The Morgan fingerprint density at radius 1 is 0.615 bits per heavy atom. The van der Waals surface area contributed by atoms with Crippen molar-refractivity contribution < 1.29 is 0 Å². The molecule has 0 fully saturated rings. The summed E-state index contributed by atoms with van der Waals surface area (Å²) in [5.74, 6) is 0. The second-order valence-electron chi connectivity index (χ2n) is 6.81. The molecule has 1 N–H and O–H groups in total. The normalized spacial score (nSPS) is 11.8. The van der Waals surface area contributed by atoms with Crippen LogP contribution in [0.4, 0.5) is 0 Å². The van der Waals surface area contributed by atoms with E-state index in [0.717, 1.165) is 0 Å². The van der Waals surface area contributed by atoms with Crippen LogP contribution in [-0.4, -0.2) is 9.55 Å². The quantitative estimate of drug-likeness (QED) is 0.359. The third kappa shape index (κ3) is 1.81. The molecule has 0 radical (unpaired) electrons. The van der Waals surface area contributed by atoms with Crippen LogP contribution in [0, 0.1) is 0 Å². The van der Waals surface area contributed by atoms with E-state index in [1.54, 1.807) is 0 Å². The molecule has 6 aromatic rings. The van der Waals surface area contributed by atoms with E-state index in [4.69, 9.17) is 0 Å². The van der Waals surface area contributed by atoms with Gasteiger partial charge in [-0.1, -0.05) is 48.5 Å². The lowest BCUT2D eigenvalue weighted by atomic mass is 10.0. The third-order valence-corrected chi connectivity index (χ3v) is 5.33. The van der Waals surface area contributed by atoms with Gasteiger partial charge in [-0.15, -0.1) is 0 Å². The number of fused-ring (bicyclic) bond motifs is 6. The van der Waals surface area contributed by atoms with Crippen LogP contribution >= 0.6 is 0 Å². The van der Waals surface area contributed by atoms with Crippen LogP contribution in [0.15, 0.2) is 91.1 Å². The second kappa shape index (κ2) is 4.99. The molecular formula is C24H16N2. The minimum absolute atomic E-state index is 1.18. The molecule has 4 aromatic carbocycles. The molecule has 2 heterocycles. The van der Waals surface area contributed by atoms with E-state index >= 15 is 0 Å². The van der Waals surface area contributed by atoms with E-state index in [1.165, 1.54) is 49.2 Å². The van der Waals surface area contributed by atoms with Gasteiger partial charge < -0.3 is 9.55 Å². The molecule has 122 valence electrons. The fourth-order valence-corrected chi connectivity index (χ4v) is 4.12. The summed E-state index contributed by atoms with van der Waals surface area (Å²) in [6.07, 6.45) is 2.15. The predicted octanol–water partition coefficient (Wildman–Crippen LogP) is 6.42. The monoisotopic (exact) mass is 332 g/mol. The van der Waals surface area contributed by atoms with E-state index < -0.39 is 0 Å². The molecule has 0 saturated carbocycles. The number of aromatic nitrogens is 2. The molecule has 0 aliphatic carbocycles. The van der Waals surface area contributed by atoms with Crippen LogP contribution in [0.1, 0.15) is 0 Å². The minimum Gasteiger partial charge on any atom is -0.354 e. The van der Waals surface area contributed by atoms with E-state index in [0.29, 0.717) is 0 Å². The highest BCUT2D eigenvalue weighted by atomic mass is 15.0. The van der Waals surface area contributed by atoms with Crippen LogP contribution in [0.25, 0.3) is 49.2 Å². The maximum atomic E-state index is 3.62. The van der Waals surface area contributed by atoms with Gasteiger partial charge in [0.05, 0.1) is 5.52 Å². The average molecular weight is 332 g/mol. The molecule has 26 heavy (non-hydrogen) atoms. The van der Waals surface area contributed by atoms with Gasteiger partial charge in [-0.3, -0.25) is 0 Å². The lowest BCUT2D eigenvalue weighted by Gasteiger charge is -2.05. The molecule has 0 atom stereocenters. The first-order valence-corrected chi connectivity index (χ1v) is 8.88. The Bertz CT molecular complexity index is 1420. The van der Waals surface area contributed by atoms with Gasteiger partial charge in [0.2, 0.25) is 0 Å². The molecule has 2 aromatic heterocycles. The van der Waals surface area contributed by atoms with E-state index in [2.05, 4.69) is 101 Å². The van der Waals surface area contributed by atoms with Crippen molar-refractivity contribution in [3.05, 3.63) is 91.1 Å². The number of aromatic amines is 1. The molecule has 0 amide bonds. The summed E-state index contributed by atoms with van der Waals surface area (Å²) in [4.78, 5) is 3.62. The number of hydrogen-bond donors (Lipinski definition) is 1. The van der Waals surface area contributed by atoms with Crippen molar-refractivity contribution in [1.29, 1.82) is 0 Å². The number of para-hydroxylation sites is 1. The van der Waals surface area contributed by atoms with E-state index in [9.17, 15) is 0 Å². The summed E-state index contributed by atoms with van der Waals surface area (Å²) < 4.78 is 2.25. The standard InChI is InChI=1S/C24H16N2/c1-2-7-18(8-3-1)26-13-12-17-14-20-22(15-23(17)26)25-21-11-10-16-6-4-5-9-19(16)24(20)21/h1-15,25H. The van der Waals surface area contributed by atoms with Crippen molar-refractivity contribution in [2.45, 2.75) is 0 Å². The fraction of sp³-hybridized carbons (Fsp3) is 0. The van der Waals surface area contributed by atoms with Gasteiger partial charge in [-0.2, -0.15) is 0 Å². The first kappa shape index (κ1) is 13.7. The third-order valence-electron chi connectivity index (χ3n) is 5.33. The summed E-state index contributed by atoms with van der Waals surface area (Å²) >= 11 is 0.